The van der Waals surface area contributed by atoms with Gasteiger partial charge in [-0.3, -0.25) is 0 Å². The number of likely N-dealkylation sites (tertiary alicyclic amines) is 1. The number of aromatic nitrogens is 2. The van der Waals surface area contributed by atoms with E-state index in [0.717, 1.165) is 44.9 Å². The fourth-order valence-corrected chi connectivity index (χ4v) is 2.95. The molecule has 5 heteroatoms. The Morgan fingerprint density at radius 2 is 2.10 bits per heavy atom. The molecule has 0 aromatic carbocycles. The number of nitrogens with zero attached hydrogens (tertiary/aromatic N) is 3. The maximum Gasteiger partial charge on any atom is 0.137 e. The molecule has 1 unspecified atom stereocenters. The first kappa shape index (κ1) is 14.0. The average molecular weight is 279 g/mol. The molecule has 1 N–H and O–H groups in total. The first-order valence-electron chi connectivity index (χ1n) is 7.73. The molecule has 0 bridgehead atoms. The molecule has 1 atom stereocenters. The minimum Gasteiger partial charge on any atom is -0.385 e. The van der Waals surface area contributed by atoms with E-state index in [1.807, 2.05) is 17.8 Å². The topological polar surface area (TPSA) is 50.5 Å². The third-order valence-corrected chi connectivity index (χ3v) is 4.49. The number of hydrogen-bond acceptors (Lipinski definition) is 4. The molecule has 1 aromatic rings. The Bertz CT molecular complexity index is 423. The Labute approximate surface area is 120 Å². The van der Waals surface area contributed by atoms with Crippen LogP contribution >= 0.6 is 0 Å². The summed E-state index contributed by atoms with van der Waals surface area (Å²) in [6.07, 6.45) is 8.34. The lowest BCUT2D eigenvalue weighted by atomic mass is 9.91. The first-order chi connectivity index (χ1) is 9.74. The third-order valence-electron chi connectivity index (χ3n) is 4.49. The summed E-state index contributed by atoms with van der Waals surface area (Å²) in [5.74, 6) is 1.12. The first-order valence-corrected chi connectivity index (χ1v) is 7.73. The van der Waals surface area contributed by atoms with Crippen molar-refractivity contribution in [2.24, 2.45) is 13.0 Å². The Kier molecular flexibility index (Phi) is 4.38. The van der Waals surface area contributed by atoms with Gasteiger partial charge in [-0.25, -0.2) is 4.98 Å². The minimum atomic E-state index is -0.431. The summed E-state index contributed by atoms with van der Waals surface area (Å²) in [5, 5.41) is 10.4. The van der Waals surface area contributed by atoms with Crippen LogP contribution in [0.2, 0.25) is 0 Å². The van der Waals surface area contributed by atoms with Crippen LogP contribution in [0.15, 0.2) is 12.4 Å². The van der Waals surface area contributed by atoms with Crippen molar-refractivity contribution in [3.63, 3.8) is 0 Å². The van der Waals surface area contributed by atoms with E-state index in [1.165, 1.54) is 12.8 Å². The molecule has 2 fully saturated rings. The van der Waals surface area contributed by atoms with E-state index >= 15 is 0 Å². The summed E-state index contributed by atoms with van der Waals surface area (Å²) in [5.41, 5.74) is 0. The van der Waals surface area contributed by atoms with Gasteiger partial charge < -0.3 is 19.3 Å². The predicted octanol–water partition coefficient (Wildman–Crippen LogP) is 1.34. The SMILES string of the molecule is Cn1ccnc1C(O)C1CCN(CCOC2CC2)CC1. The molecule has 2 heterocycles. The van der Waals surface area contributed by atoms with Crippen LogP contribution in [-0.4, -0.2) is 51.9 Å². The number of hydrogen-bond donors (Lipinski definition) is 1. The van der Waals surface area contributed by atoms with Crippen LogP contribution in [0.4, 0.5) is 0 Å². The van der Waals surface area contributed by atoms with E-state index in [-0.39, 0.29) is 0 Å². The van der Waals surface area contributed by atoms with Gasteiger partial charge in [0.15, 0.2) is 0 Å². The highest BCUT2D eigenvalue weighted by Crippen LogP contribution is 2.29. The maximum atomic E-state index is 10.4. The maximum absolute atomic E-state index is 10.4. The zero-order valence-electron chi connectivity index (χ0n) is 12.2. The quantitative estimate of drug-likeness (QED) is 0.854. The average Bonchev–Trinajstić information content (AvgIpc) is 3.19. The Morgan fingerprint density at radius 1 is 1.35 bits per heavy atom. The highest BCUT2D eigenvalue weighted by atomic mass is 16.5. The van der Waals surface area contributed by atoms with Crippen molar-refractivity contribution >= 4 is 0 Å². The highest BCUT2D eigenvalue weighted by molar-refractivity contribution is 4.98. The Balaban J connectivity index is 1.42. The Hall–Kier alpha value is -0.910. The summed E-state index contributed by atoms with van der Waals surface area (Å²) in [6.45, 7) is 4.00. The van der Waals surface area contributed by atoms with Crippen LogP contribution < -0.4 is 0 Å². The van der Waals surface area contributed by atoms with Gasteiger partial charge in [0.25, 0.3) is 0 Å². The number of aliphatic hydroxyl groups is 1. The summed E-state index contributed by atoms with van der Waals surface area (Å²) in [6, 6.07) is 0. The van der Waals surface area contributed by atoms with E-state index < -0.39 is 6.10 Å². The number of aliphatic hydroxyl groups excluding tert-OH is 1. The summed E-state index contributed by atoms with van der Waals surface area (Å²) in [4.78, 5) is 6.71. The molecule has 1 saturated heterocycles. The van der Waals surface area contributed by atoms with Crippen LogP contribution in [0.25, 0.3) is 0 Å². The second-order valence-electron chi connectivity index (χ2n) is 6.09. The van der Waals surface area contributed by atoms with E-state index in [2.05, 4.69) is 9.88 Å². The lowest BCUT2D eigenvalue weighted by Gasteiger charge is -2.33. The van der Waals surface area contributed by atoms with E-state index in [1.54, 1.807) is 6.20 Å². The summed E-state index contributed by atoms with van der Waals surface area (Å²) in [7, 11) is 1.94. The third kappa shape index (κ3) is 3.40. The summed E-state index contributed by atoms with van der Waals surface area (Å²) < 4.78 is 7.62. The van der Waals surface area contributed by atoms with Gasteiger partial charge in [0.2, 0.25) is 0 Å². The number of piperidine rings is 1. The second kappa shape index (κ2) is 6.24. The highest BCUT2D eigenvalue weighted by Gasteiger charge is 2.28. The molecule has 112 valence electrons. The normalized spacial score (nSPS) is 23.1. The fraction of sp³-hybridized carbons (Fsp3) is 0.800. The molecule has 0 radical (unpaired) electrons. The molecule has 1 aliphatic carbocycles. The standard InChI is InChI=1S/C15H25N3O2/c1-17-9-6-16-15(17)14(19)12-4-7-18(8-5-12)10-11-20-13-2-3-13/h6,9,12-14,19H,2-5,7-8,10-11H2,1H3. The number of rotatable bonds is 6. The Morgan fingerprint density at radius 3 is 2.70 bits per heavy atom. The van der Waals surface area contributed by atoms with Gasteiger partial charge in [0, 0.05) is 26.0 Å². The molecular weight excluding hydrogens is 254 g/mol. The largest absolute Gasteiger partial charge is 0.385 e. The van der Waals surface area contributed by atoms with Crippen LogP contribution in [0.3, 0.4) is 0 Å². The minimum absolute atomic E-state index is 0.330. The molecule has 0 spiro atoms. The van der Waals surface area contributed by atoms with Gasteiger partial charge in [-0.15, -0.1) is 0 Å². The van der Waals surface area contributed by atoms with Gasteiger partial charge >= 0.3 is 0 Å². The molecule has 5 nitrogen and oxygen atoms in total. The van der Waals surface area contributed by atoms with Crippen molar-refractivity contribution in [3.05, 3.63) is 18.2 Å². The molecule has 2 aliphatic rings. The van der Waals surface area contributed by atoms with Crippen molar-refractivity contribution in [3.8, 4) is 0 Å². The van der Waals surface area contributed by atoms with E-state index in [0.29, 0.717) is 12.0 Å². The molecular formula is C15H25N3O2. The van der Waals surface area contributed by atoms with Crippen molar-refractivity contribution < 1.29 is 9.84 Å². The summed E-state index contributed by atoms with van der Waals surface area (Å²) >= 11 is 0. The number of imidazole rings is 1. The van der Waals surface area contributed by atoms with Gasteiger partial charge in [-0.05, 0) is 44.7 Å². The molecule has 0 amide bonds. The van der Waals surface area contributed by atoms with Gasteiger partial charge in [-0.1, -0.05) is 0 Å². The van der Waals surface area contributed by atoms with Crippen molar-refractivity contribution in [1.29, 1.82) is 0 Å². The van der Waals surface area contributed by atoms with Gasteiger partial charge in [-0.2, -0.15) is 0 Å². The van der Waals surface area contributed by atoms with E-state index in [9.17, 15) is 5.11 Å². The smallest absolute Gasteiger partial charge is 0.137 e. The van der Waals surface area contributed by atoms with E-state index in [4.69, 9.17) is 4.74 Å². The lowest BCUT2D eigenvalue weighted by molar-refractivity contribution is 0.0362. The van der Waals surface area contributed by atoms with Gasteiger partial charge in [0.1, 0.15) is 11.9 Å². The van der Waals surface area contributed by atoms with Crippen LogP contribution in [0.1, 0.15) is 37.6 Å². The molecule has 1 aliphatic heterocycles. The predicted molar refractivity (Wildman–Crippen MR) is 76.3 cm³/mol. The van der Waals surface area contributed by atoms with Gasteiger partial charge in [0.05, 0.1) is 12.7 Å². The van der Waals surface area contributed by atoms with Crippen LogP contribution in [0, 0.1) is 5.92 Å². The van der Waals surface area contributed by atoms with Crippen molar-refractivity contribution in [2.45, 2.75) is 37.9 Å². The lowest BCUT2D eigenvalue weighted by Crippen LogP contribution is -2.38. The zero-order valence-corrected chi connectivity index (χ0v) is 12.2. The van der Waals surface area contributed by atoms with Crippen LogP contribution in [0.5, 0.6) is 0 Å². The number of ether oxygens (including phenoxy) is 1. The number of aryl methyl sites for hydroxylation is 1. The molecule has 3 rings (SSSR count). The fourth-order valence-electron chi connectivity index (χ4n) is 2.95. The van der Waals surface area contributed by atoms with Crippen molar-refractivity contribution in [1.82, 2.24) is 14.5 Å². The molecule has 1 aromatic heterocycles. The van der Waals surface area contributed by atoms with Crippen molar-refractivity contribution in [2.75, 3.05) is 26.2 Å². The van der Waals surface area contributed by atoms with Crippen LogP contribution in [-0.2, 0) is 11.8 Å². The second-order valence-corrected chi connectivity index (χ2v) is 6.09. The zero-order chi connectivity index (χ0) is 13.9. The molecule has 20 heavy (non-hydrogen) atoms. The molecule has 1 saturated carbocycles. The monoisotopic (exact) mass is 279 g/mol.